The molecule has 0 N–H and O–H groups in total. The van der Waals surface area contributed by atoms with Crippen molar-refractivity contribution in [1.29, 1.82) is 0 Å². The predicted octanol–water partition coefficient (Wildman–Crippen LogP) is 4.25. The Morgan fingerprint density at radius 2 is 1.33 bits per heavy atom. The van der Waals surface area contributed by atoms with Crippen molar-refractivity contribution < 1.29 is 0 Å². The molecule has 6 heteroatoms. The summed E-state index contributed by atoms with van der Waals surface area (Å²) in [5.41, 5.74) is 0.431. The smallest absolute Gasteiger partial charge is 0.248 e. The van der Waals surface area contributed by atoms with Crippen LogP contribution in [0.4, 0.5) is 0 Å². The fourth-order valence-corrected chi connectivity index (χ4v) is 0. The Hall–Kier alpha value is 2.22. The molecular formula is C6H13Al2Cl4. The Kier molecular flexibility index (Phi) is 25.8. The third-order valence-corrected chi connectivity index (χ3v) is 0.750. The fraction of sp³-hybridized carbons (Fsp3) is 0.833. The van der Waals surface area contributed by atoms with Crippen LogP contribution in [0, 0.1) is 12.3 Å². The molecule has 0 fully saturated rings. The predicted molar refractivity (Wildman–Crippen MR) is 64.3 cm³/mol. The molecule has 0 saturated carbocycles. The summed E-state index contributed by atoms with van der Waals surface area (Å²) in [5, 5.41) is 0. The maximum Gasteiger partial charge on any atom is 0.495 e. The van der Waals surface area contributed by atoms with Crippen LogP contribution in [-0.2, 0) is 0 Å². The van der Waals surface area contributed by atoms with Crippen molar-refractivity contribution in [3.8, 4) is 0 Å². The summed E-state index contributed by atoms with van der Waals surface area (Å²) in [5.74, 6) is 0. The molecule has 0 spiro atoms. The van der Waals surface area contributed by atoms with Gasteiger partial charge in [-0.15, -0.1) is 0 Å². The van der Waals surface area contributed by atoms with E-state index in [0.717, 1.165) is 6.42 Å². The molecule has 0 rings (SSSR count). The van der Waals surface area contributed by atoms with Crippen LogP contribution in [0.3, 0.4) is 0 Å². The molecule has 0 aromatic carbocycles. The van der Waals surface area contributed by atoms with E-state index >= 15 is 0 Å². The van der Waals surface area contributed by atoms with Crippen molar-refractivity contribution in [2.24, 2.45) is 5.41 Å². The molecule has 0 nitrogen and oxygen atoms in total. The van der Waals surface area contributed by atoms with Crippen molar-refractivity contribution >= 4 is 66.9 Å². The fourth-order valence-electron chi connectivity index (χ4n) is 0. The van der Waals surface area contributed by atoms with Crippen molar-refractivity contribution in [2.75, 3.05) is 0 Å². The first-order valence-electron chi connectivity index (χ1n) is 3.23. The van der Waals surface area contributed by atoms with Crippen LogP contribution in [0.15, 0.2) is 0 Å². The number of rotatable bonds is 0. The molecule has 0 unspecified atom stereocenters. The van der Waals surface area contributed by atoms with Crippen LogP contribution in [0.5, 0.6) is 0 Å². The Morgan fingerprint density at radius 3 is 1.33 bits per heavy atom. The zero-order chi connectivity index (χ0) is 10.6. The molecule has 0 bridgehead atoms. The van der Waals surface area contributed by atoms with Crippen LogP contribution in [-0.4, -0.2) is 26.8 Å². The van der Waals surface area contributed by atoms with Crippen LogP contribution in [0.2, 0.25) is 0 Å². The quantitative estimate of drug-likeness (QED) is 0.460. The van der Waals surface area contributed by atoms with Gasteiger partial charge in [-0.3, -0.25) is 0 Å². The van der Waals surface area contributed by atoms with Gasteiger partial charge < -0.3 is 6.92 Å². The SMILES string of the molecule is [CH2-]CC(C)(C)C.[Cl][Al+][Cl].[Cl][Al][Cl]. The van der Waals surface area contributed by atoms with Gasteiger partial charge >= 0.3 is 46.9 Å². The molecule has 0 heterocycles. The van der Waals surface area contributed by atoms with Crippen molar-refractivity contribution in [3.05, 3.63) is 6.92 Å². The second-order valence-corrected chi connectivity index (χ2v) is 7.26. The number of hydrogen-bond acceptors (Lipinski definition) is 0. The Morgan fingerprint density at radius 1 is 1.25 bits per heavy atom. The molecular weight excluding hydrogens is 268 g/mol. The van der Waals surface area contributed by atoms with Gasteiger partial charge in [-0.05, 0) is 0 Å². The van der Waals surface area contributed by atoms with Gasteiger partial charge in [0.25, 0.3) is 0 Å². The van der Waals surface area contributed by atoms with E-state index in [1.54, 1.807) is 0 Å². The Balaban J connectivity index is -0.000000115. The molecule has 71 valence electrons. The zero-order valence-corrected chi connectivity index (χ0v) is 12.9. The van der Waals surface area contributed by atoms with E-state index in [2.05, 4.69) is 27.7 Å². The third kappa shape index (κ3) is 56.4. The molecule has 0 aliphatic heterocycles. The van der Waals surface area contributed by atoms with Gasteiger partial charge in [-0.2, -0.15) is 6.42 Å². The Labute approximate surface area is 106 Å². The summed E-state index contributed by atoms with van der Waals surface area (Å²) >= 11 is -0.611. The first-order chi connectivity index (χ1) is 5.39. The minimum atomic E-state index is -0.306. The molecule has 0 amide bonds. The van der Waals surface area contributed by atoms with E-state index in [1.165, 1.54) is 0 Å². The molecule has 12 heavy (non-hydrogen) atoms. The first-order valence-corrected chi connectivity index (χ1v) is 10.2. The van der Waals surface area contributed by atoms with Crippen LogP contribution < -0.4 is 0 Å². The van der Waals surface area contributed by atoms with Crippen molar-refractivity contribution in [2.45, 2.75) is 27.2 Å². The van der Waals surface area contributed by atoms with Crippen LogP contribution in [0.1, 0.15) is 27.2 Å². The maximum absolute atomic E-state index is 4.85. The van der Waals surface area contributed by atoms with Gasteiger partial charge in [0.2, 0.25) is 0 Å². The van der Waals surface area contributed by atoms with E-state index in [4.69, 9.17) is 40.2 Å². The molecule has 0 aromatic rings. The van der Waals surface area contributed by atoms with Crippen LogP contribution in [0.25, 0.3) is 0 Å². The largest absolute Gasteiger partial charge is 0.495 e. The Bertz CT molecular complexity index is 63.1. The zero-order valence-electron chi connectivity index (χ0n) is 7.58. The maximum atomic E-state index is 4.85. The molecule has 1 radical (unpaired) electrons. The van der Waals surface area contributed by atoms with E-state index in [9.17, 15) is 0 Å². The average molecular weight is 281 g/mol. The standard InChI is InChI=1S/C6H13.2Al.4ClH/c1-5-6(2,3)4;;;;;;/h1,5H2,2-4H3;;;4*1H/q-1;+2;+3;;;;/p-4. The minimum absolute atomic E-state index is 0.306. The van der Waals surface area contributed by atoms with Gasteiger partial charge in [0, 0.05) is 0 Å². The summed E-state index contributed by atoms with van der Waals surface area (Å²) in [7, 11) is 19.4. The van der Waals surface area contributed by atoms with E-state index in [1.807, 2.05) is 0 Å². The molecule has 0 aromatic heterocycles. The summed E-state index contributed by atoms with van der Waals surface area (Å²) < 4.78 is 0. The van der Waals surface area contributed by atoms with Crippen molar-refractivity contribution in [3.63, 3.8) is 0 Å². The third-order valence-electron chi connectivity index (χ3n) is 0.750. The van der Waals surface area contributed by atoms with Crippen molar-refractivity contribution in [1.82, 2.24) is 0 Å². The first kappa shape index (κ1) is 19.7. The minimum Gasteiger partial charge on any atom is -0.248 e. The van der Waals surface area contributed by atoms with Gasteiger partial charge in [0.1, 0.15) is 0 Å². The van der Waals surface area contributed by atoms with E-state index in [-0.39, 0.29) is 26.8 Å². The van der Waals surface area contributed by atoms with E-state index in [0.29, 0.717) is 5.41 Å². The average Bonchev–Trinajstić information content (AvgIpc) is 1.90. The molecule has 0 saturated heterocycles. The summed E-state index contributed by atoms with van der Waals surface area (Å²) in [6.45, 7) is 10.3. The topological polar surface area (TPSA) is 0 Å². The molecule has 0 aliphatic carbocycles. The second-order valence-electron chi connectivity index (χ2n) is 2.98. The normalized spacial score (nSPS) is 8.00. The summed E-state index contributed by atoms with van der Waals surface area (Å²) in [6, 6.07) is 0. The molecule has 0 atom stereocenters. The summed E-state index contributed by atoms with van der Waals surface area (Å²) in [4.78, 5) is 0. The van der Waals surface area contributed by atoms with Crippen LogP contribution >= 0.6 is 40.2 Å². The van der Waals surface area contributed by atoms with Gasteiger partial charge in [0.05, 0.1) is 0 Å². The number of hydrogen-bond donors (Lipinski definition) is 0. The summed E-state index contributed by atoms with van der Waals surface area (Å²) in [6.07, 6.45) is 1.02. The van der Waals surface area contributed by atoms with Gasteiger partial charge in [-0.1, -0.05) is 26.2 Å². The number of halogens is 4. The molecule has 0 aliphatic rings. The van der Waals surface area contributed by atoms with Gasteiger partial charge in [0.15, 0.2) is 0 Å². The monoisotopic (exact) mass is 279 g/mol. The van der Waals surface area contributed by atoms with E-state index < -0.39 is 0 Å². The van der Waals surface area contributed by atoms with Gasteiger partial charge in [-0.25, -0.2) is 20.1 Å². The second kappa shape index (κ2) is 15.7.